The molecule has 0 aliphatic heterocycles. The van der Waals surface area contributed by atoms with Crippen LogP contribution in [-0.2, 0) is 37.7 Å². The van der Waals surface area contributed by atoms with E-state index >= 15 is 0 Å². The molecule has 3 N–H and O–H groups in total. The molecule has 1 amide bonds. The summed E-state index contributed by atoms with van der Waals surface area (Å²) < 4.78 is 19.9. The lowest BCUT2D eigenvalue weighted by Gasteiger charge is -2.37. The number of carbonyl (C=O) groups excluding carboxylic acids is 1. The third kappa shape index (κ3) is 9.68. The lowest BCUT2D eigenvalue weighted by atomic mass is 9.77. The van der Waals surface area contributed by atoms with Crippen molar-refractivity contribution < 1.29 is 28.9 Å². The molecule has 6 aromatic rings. The standard InChI is InChI=1S/C46H51N5O6/c1-7-55-30-38-49-40-41(51(38)31-45(5,6)56-28-27-47-43(54)57-44(2,3)4)36-25-23-32(24-26-39(52)53)29-37(36)48-42(40)50-46(33-17-11-8-12-18-33,34-19-13-9-14-20-34)35-21-15-10-16-22-35/h8-26,29H,7,27-28,30-31H2,1-6H3,(H,47,54)(H,48,50)(H,52,53)/b26-24+. The first-order valence-electron chi connectivity index (χ1n) is 19.2. The predicted molar refractivity (Wildman–Crippen MR) is 224 cm³/mol. The first kappa shape index (κ1) is 40.6. The molecule has 0 saturated heterocycles. The van der Waals surface area contributed by atoms with Gasteiger partial charge < -0.3 is 34.5 Å². The number of benzene rings is 4. The van der Waals surface area contributed by atoms with E-state index in [2.05, 4.69) is 51.6 Å². The van der Waals surface area contributed by atoms with E-state index in [1.165, 1.54) is 0 Å². The van der Waals surface area contributed by atoms with Crippen LogP contribution in [0, 0.1) is 0 Å². The molecule has 0 radical (unpaired) electrons. The fourth-order valence-electron chi connectivity index (χ4n) is 6.96. The van der Waals surface area contributed by atoms with Crippen molar-refractivity contribution in [2.24, 2.45) is 0 Å². The first-order valence-corrected chi connectivity index (χ1v) is 19.2. The smallest absolute Gasteiger partial charge is 0.407 e. The average Bonchev–Trinajstić information content (AvgIpc) is 3.54. The van der Waals surface area contributed by atoms with E-state index in [4.69, 9.17) is 24.2 Å². The Hall–Kier alpha value is -6.04. The van der Waals surface area contributed by atoms with Gasteiger partial charge in [-0.3, -0.25) is 0 Å². The fraction of sp³-hybridized carbons (Fsp3) is 0.304. The maximum absolute atomic E-state index is 12.3. The van der Waals surface area contributed by atoms with Crippen LogP contribution in [0.4, 0.5) is 10.6 Å². The van der Waals surface area contributed by atoms with Crippen molar-refractivity contribution in [1.82, 2.24) is 19.9 Å². The number of carboxylic acid groups (broad SMARTS) is 1. The molecule has 2 heterocycles. The minimum atomic E-state index is -1.04. The highest BCUT2D eigenvalue weighted by Gasteiger charge is 2.38. The van der Waals surface area contributed by atoms with Crippen molar-refractivity contribution in [3.8, 4) is 0 Å². The molecule has 57 heavy (non-hydrogen) atoms. The number of hydrogen-bond donors (Lipinski definition) is 3. The number of nitrogens with zero attached hydrogens (tertiary/aromatic N) is 3. The second kappa shape index (κ2) is 17.4. The average molecular weight is 770 g/mol. The van der Waals surface area contributed by atoms with Crippen LogP contribution in [0.25, 0.3) is 28.0 Å². The number of fused-ring (bicyclic) bond motifs is 3. The van der Waals surface area contributed by atoms with Gasteiger partial charge in [0.1, 0.15) is 29.1 Å². The number of carbonyl (C=O) groups is 2. The summed E-state index contributed by atoms with van der Waals surface area (Å²) in [4.78, 5) is 34.4. The number of aliphatic carboxylic acids is 1. The van der Waals surface area contributed by atoms with Crippen molar-refractivity contribution in [3.63, 3.8) is 0 Å². The minimum Gasteiger partial charge on any atom is -0.478 e. The van der Waals surface area contributed by atoms with Crippen LogP contribution in [0.1, 0.15) is 69.6 Å². The van der Waals surface area contributed by atoms with Crippen molar-refractivity contribution in [1.29, 1.82) is 0 Å². The van der Waals surface area contributed by atoms with E-state index in [0.29, 0.717) is 41.4 Å². The quantitative estimate of drug-likeness (QED) is 0.0501. The van der Waals surface area contributed by atoms with Crippen molar-refractivity contribution in [2.75, 3.05) is 25.1 Å². The number of hydrogen-bond acceptors (Lipinski definition) is 8. The molecule has 0 aliphatic carbocycles. The SMILES string of the molecule is CCOCc1nc2c(NC(c3ccccc3)(c3ccccc3)c3ccccc3)nc3cc(/C=C/C(=O)O)ccc3c2n1CC(C)(C)OCCNC(=O)OC(C)(C)C. The Labute approximate surface area is 333 Å². The summed E-state index contributed by atoms with van der Waals surface area (Å²) in [5.41, 5.74) is 3.54. The molecule has 11 nitrogen and oxygen atoms in total. The van der Waals surface area contributed by atoms with E-state index in [1.807, 2.05) is 114 Å². The number of pyridine rings is 1. The van der Waals surface area contributed by atoms with Gasteiger partial charge in [-0.1, -0.05) is 103 Å². The molecule has 296 valence electrons. The second-order valence-electron chi connectivity index (χ2n) is 15.4. The highest BCUT2D eigenvalue weighted by atomic mass is 16.6. The number of amides is 1. The normalized spacial score (nSPS) is 12.3. The summed E-state index contributed by atoms with van der Waals surface area (Å²) in [7, 11) is 0. The maximum Gasteiger partial charge on any atom is 0.407 e. The molecule has 0 fully saturated rings. The minimum absolute atomic E-state index is 0.239. The van der Waals surface area contributed by atoms with Gasteiger partial charge in [0.2, 0.25) is 0 Å². The van der Waals surface area contributed by atoms with E-state index in [0.717, 1.165) is 33.7 Å². The third-order valence-corrected chi connectivity index (χ3v) is 9.36. The molecule has 0 bridgehead atoms. The fourth-order valence-corrected chi connectivity index (χ4v) is 6.96. The third-order valence-electron chi connectivity index (χ3n) is 9.36. The van der Waals surface area contributed by atoms with Gasteiger partial charge in [-0.05, 0) is 75.9 Å². The number of alkyl carbamates (subject to hydrolysis) is 1. The number of imidazole rings is 1. The largest absolute Gasteiger partial charge is 0.478 e. The molecule has 6 rings (SSSR count). The van der Waals surface area contributed by atoms with Gasteiger partial charge in [-0.25, -0.2) is 19.6 Å². The lowest BCUT2D eigenvalue weighted by Crippen LogP contribution is -2.38. The topological polar surface area (TPSA) is 137 Å². The maximum atomic E-state index is 12.3. The van der Waals surface area contributed by atoms with Gasteiger partial charge >= 0.3 is 12.1 Å². The van der Waals surface area contributed by atoms with Crippen molar-refractivity contribution >= 4 is 45.9 Å². The number of rotatable bonds is 16. The zero-order valence-electron chi connectivity index (χ0n) is 33.4. The van der Waals surface area contributed by atoms with Gasteiger partial charge in [0, 0.05) is 24.6 Å². The van der Waals surface area contributed by atoms with Crippen molar-refractivity contribution in [2.45, 2.75) is 71.4 Å². The van der Waals surface area contributed by atoms with E-state index in [9.17, 15) is 14.7 Å². The van der Waals surface area contributed by atoms with E-state index in [-0.39, 0.29) is 19.8 Å². The Morgan fingerprint density at radius 1 is 0.825 bits per heavy atom. The summed E-state index contributed by atoms with van der Waals surface area (Å²) in [5.74, 6) is 0.180. The summed E-state index contributed by atoms with van der Waals surface area (Å²) in [5, 5.41) is 17.0. The van der Waals surface area contributed by atoms with Gasteiger partial charge in [0.05, 0.1) is 29.8 Å². The molecule has 0 spiro atoms. The summed E-state index contributed by atoms with van der Waals surface area (Å²) in [6.45, 7) is 13.0. The predicted octanol–water partition coefficient (Wildman–Crippen LogP) is 8.94. The molecule has 0 unspecified atom stereocenters. The van der Waals surface area contributed by atoms with Crippen LogP contribution in [0.3, 0.4) is 0 Å². The van der Waals surface area contributed by atoms with Crippen LogP contribution in [0.2, 0.25) is 0 Å². The van der Waals surface area contributed by atoms with Crippen LogP contribution >= 0.6 is 0 Å². The Morgan fingerprint density at radius 2 is 1.42 bits per heavy atom. The first-order chi connectivity index (χ1) is 27.3. The number of carboxylic acids is 1. The zero-order valence-corrected chi connectivity index (χ0v) is 33.4. The summed E-state index contributed by atoms with van der Waals surface area (Å²) in [6.07, 6.45) is 2.17. The zero-order chi connectivity index (χ0) is 40.6. The molecular weight excluding hydrogens is 719 g/mol. The molecule has 11 heteroatoms. The second-order valence-corrected chi connectivity index (χ2v) is 15.4. The van der Waals surface area contributed by atoms with E-state index in [1.54, 1.807) is 6.08 Å². The van der Waals surface area contributed by atoms with Gasteiger partial charge in [0.25, 0.3) is 0 Å². The lowest BCUT2D eigenvalue weighted by molar-refractivity contribution is -0.131. The molecule has 4 aromatic carbocycles. The Bertz CT molecular complexity index is 2240. The van der Waals surface area contributed by atoms with Crippen LogP contribution in [-0.4, -0.2) is 62.7 Å². The Kier molecular flexibility index (Phi) is 12.4. The summed E-state index contributed by atoms with van der Waals surface area (Å²) >= 11 is 0. The molecule has 0 atom stereocenters. The highest BCUT2D eigenvalue weighted by Crippen LogP contribution is 2.42. The van der Waals surface area contributed by atoms with Crippen LogP contribution < -0.4 is 10.6 Å². The van der Waals surface area contributed by atoms with Gasteiger partial charge in [0.15, 0.2) is 5.82 Å². The number of aromatic nitrogens is 3. The molecule has 2 aromatic heterocycles. The number of anilines is 1. The van der Waals surface area contributed by atoms with Crippen LogP contribution in [0.15, 0.2) is 115 Å². The van der Waals surface area contributed by atoms with Gasteiger partial charge in [-0.15, -0.1) is 0 Å². The molecule has 0 saturated carbocycles. The molecular formula is C46H51N5O6. The molecule has 0 aliphatic rings. The van der Waals surface area contributed by atoms with Crippen molar-refractivity contribution in [3.05, 3.63) is 143 Å². The number of ether oxygens (including phenoxy) is 3. The van der Waals surface area contributed by atoms with Gasteiger partial charge in [-0.2, -0.15) is 0 Å². The van der Waals surface area contributed by atoms with E-state index < -0.39 is 28.8 Å². The highest BCUT2D eigenvalue weighted by molar-refractivity contribution is 6.08. The Morgan fingerprint density at radius 3 is 1.96 bits per heavy atom. The summed E-state index contributed by atoms with van der Waals surface area (Å²) in [6, 6.07) is 36.6. The monoisotopic (exact) mass is 769 g/mol. The number of nitrogens with one attached hydrogen (secondary N) is 2. The Balaban J connectivity index is 1.54. The van der Waals surface area contributed by atoms with Crippen LogP contribution in [0.5, 0.6) is 0 Å².